The third-order valence-corrected chi connectivity index (χ3v) is 5.70. The molecule has 0 radical (unpaired) electrons. The van der Waals surface area contributed by atoms with Crippen molar-refractivity contribution < 1.29 is 4.79 Å². The van der Waals surface area contributed by atoms with Crippen molar-refractivity contribution >= 4 is 44.2 Å². The Bertz CT molecular complexity index is 1060. The van der Waals surface area contributed by atoms with E-state index in [4.69, 9.17) is 11.6 Å². The number of anilines is 1. The summed E-state index contributed by atoms with van der Waals surface area (Å²) in [7, 11) is 0. The minimum atomic E-state index is 0.0435. The van der Waals surface area contributed by atoms with E-state index in [2.05, 4.69) is 9.97 Å². The van der Waals surface area contributed by atoms with Crippen LogP contribution in [0.2, 0.25) is 5.02 Å². The molecule has 0 saturated heterocycles. The molecule has 4 aromatic rings. The molecule has 7 heteroatoms. The normalized spacial score (nSPS) is 11.0. The van der Waals surface area contributed by atoms with Crippen LogP contribution in [-0.2, 0) is 17.8 Å². The molecule has 0 fully saturated rings. The zero-order chi connectivity index (χ0) is 19.3. The number of amides is 1. The Balaban J connectivity index is 1.56. The van der Waals surface area contributed by atoms with E-state index in [0.29, 0.717) is 23.1 Å². The number of thiazole rings is 1. The number of fused-ring (bicyclic) bond motifs is 1. The van der Waals surface area contributed by atoms with Gasteiger partial charge >= 0.3 is 0 Å². The molecule has 0 N–H and O–H groups in total. The number of halogens is 1. The Morgan fingerprint density at radius 3 is 2.82 bits per heavy atom. The summed E-state index contributed by atoms with van der Waals surface area (Å²) >= 11 is 7.60. The molecular weight excluding hydrogens is 392 g/mol. The number of benzene rings is 2. The molecule has 0 aliphatic heterocycles. The second-order valence-electron chi connectivity index (χ2n) is 6.47. The lowest BCUT2D eigenvalue weighted by Crippen LogP contribution is -2.33. The molecule has 0 atom stereocenters. The summed E-state index contributed by atoms with van der Waals surface area (Å²) in [5.74, 6) is 0.0435. The molecule has 0 unspecified atom stereocenters. The lowest BCUT2D eigenvalue weighted by molar-refractivity contribution is -0.118. The monoisotopic (exact) mass is 410 g/mol. The van der Waals surface area contributed by atoms with Crippen LogP contribution in [0.4, 0.5) is 5.13 Å². The standard InChI is InChI=1S/C21H19ClN4OS/c22-17-7-8-18-19(14-17)28-21(24-18)26(11-4-10-25-12-9-23-15-25)20(27)13-16-5-2-1-3-6-16/h1-3,5-9,12,14-15H,4,10-11,13H2. The van der Waals surface area contributed by atoms with Crippen molar-refractivity contribution in [2.75, 3.05) is 11.4 Å². The summed E-state index contributed by atoms with van der Waals surface area (Å²) in [5, 5.41) is 1.38. The van der Waals surface area contributed by atoms with Gasteiger partial charge in [0, 0.05) is 30.5 Å². The third-order valence-electron chi connectivity index (χ3n) is 4.43. The fourth-order valence-electron chi connectivity index (χ4n) is 3.03. The molecule has 0 spiro atoms. The van der Waals surface area contributed by atoms with Gasteiger partial charge in [-0.25, -0.2) is 9.97 Å². The Morgan fingerprint density at radius 1 is 1.18 bits per heavy atom. The molecule has 28 heavy (non-hydrogen) atoms. The van der Waals surface area contributed by atoms with Crippen LogP contribution in [-0.4, -0.2) is 27.0 Å². The number of carbonyl (C=O) groups excluding carboxylic acids is 1. The summed E-state index contributed by atoms with van der Waals surface area (Å²) < 4.78 is 2.99. The number of aryl methyl sites for hydroxylation is 1. The first-order valence-corrected chi connectivity index (χ1v) is 10.2. The Labute approximate surface area is 172 Å². The van der Waals surface area contributed by atoms with Crippen LogP contribution in [0.3, 0.4) is 0 Å². The lowest BCUT2D eigenvalue weighted by Gasteiger charge is -2.20. The minimum absolute atomic E-state index is 0.0435. The lowest BCUT2D eigenvalue weighted by atomic mass is 10.1. The van der Waals surface area contributed by atoms with Crippen molar-refractivity contribution in [1.29, 1.82) is 0 Å². The number of carbonyl (C=O) groups is 1. The van der Waals surface area contributed by atoms with Gasteiger partial charge in [0.1, 0.15) is 0 Å². The summed E-state index contributed by atoms with van der Waals surface area (Å²) in [6.45, 7) is 1.39. The van der Waals surface area contributed by atoms with Crippen LogP contribution < -0.4 is 4.90 Å². The van der Waals surface area contributed by atoms with Crippen molar-refractivity contribution in [2.24, 2.45) is 0 Å². The van der Waals surface area contributed by atoms with E-state index < -0.39 is 0 Å². The highest BCUT2D eigenvalue weighted by Gasteiger charge is 2.20. The molecule has 1 amide bonds. The topological polar surface area (TPSA) is 51.0 Å². The zero-order valence-corrected chi connectivity index (χ0v) is 16.7. The molecule has 4 rings (SSSR count). The van der Waals surface area contributed by atoms with E-state index in [1.165, 1.54) is 11.3 Å². The molecule has 2 aromatic carbocycles. The first kappa shape index (κ1) is 18.7. The number of aromatic nitrogens is 3. The molecule has 0 aliphatic rings. The average molecular weight is 411 g/mol. The largest absolute Gasteiger partial charge is 0.337 e. The van der Waals surface area contributed by atoms with Crippen molar-refractivity contribution in [3.8, 4) is 0 Å². The minimum Gasteiger partial charge on any atom is -0.337 e. The molecular formula is C21H19ClN4OS. The van der Waals surface area contributed by atoms with Crippen LogP contribution in [0.1, 0.15) is 12.0 Å². The summed E-state index contributed by atoms with van der Waals surface area (Å²) in [4.78, 5) is 23.6. The molecule has 0 aliphatic carbocycles. The maximum Gasteiger partial charge on any atom is 0.233 e. The number of hydrogen-bond acceptors (Lipinski definition) is 4. The smallest absolute Gasteiger partial charge is 0.233 e. The van der Waals surface area contributed by atoms with Gasteiger partial charge in [-0.1, -0.05) is 53.3 Å². The number of nitrogens with zero attached hydrogens (tertiary/aromatic N) is 4. The molecule has 5 nitrogen and oxygen atoms in total. The SMILES string of the molecule is O=C(Cc1ccccc1)N(CCCn1ccnc1)c1nc2ccc(Cl)cc2s1. The Kier molecular flexibility index (Phi) is 5.69. The van der Waals surface area contributed by atoms with Crippen molar-refractivity contribution in [3.63, 3.8) is 0 Å². The van der Waals surface area contributed by atoms with Crippen LogP contribution in [0.5, 0.6) is 0 Å². The zero-order valence-electron chi connectivity index (χ0n) is 15.2. The molecule has 2 heterocycles. The quantitative estimate of drug-likeness (QED) is 0.439. The second-order valence-corrected chi connectivity index (χ2v) is 7.92. The van der Waals surface area contributed by atoms with E-state index in [-0.39, 0.29) is 5.91 Å². The maximum absolute atomic E-state index is 13.1. The second kappa shape index (κ2) is 8.54. The highest BCUT2D eigenvalue weighted by atomic mass is 35.5. The van der Waals surface area contributed by atoms with Gasteiger partial charge in [0.05, 0.1) is 23.0 Å². The molecule has 0 saturated carbocycles. The predicted octanol–water partition coefficient (Wildman–Crippen LogP) is 4.81. The van der Waals surface area contributed by atoms with Crippen molar-refractivity contribution in [3.05, 3.63) is 77.8 Å². The fourth-order valence-corrected chi connectivity index (χ4v) is 4.31. The van der Waals surface area contributed by atoms with Crippen LogP contribution in [0.25, 0.3) is 10.2 Å². The van der Waals surface area contributed by atoms with E-state index in [1.54, 1.807) is 17.4 Å². The number of hydrogen-bond donors (Lipinski definition) is 0. The van der Waals surface area contributed by atoms with E-state index in [1.807, 2.05) is 59.3 Å². The predicted molar refractivity (Wildman–Crippen MR) is 114 cm³/mol. The maximum atomic E-state index is 13.1. The number of imidazole rings is 1. The summed E-state index contributed by atoms with van der Waals surface area (Å²) in [5.41, 5.74) is 1.85. The first-order chi connectivity index (χ1) is 13.7. The fraction of sp³-hybridized carbons (Fsp3) is 0.190. The van der Waals surface area contributed by atoms with Gasteiger partial charge in [0.2, 0.25) is 5.91 Å². The van der Waals surface area contributed by atoms with Gasteiger partial charge in [-0.2, -0.15) is 0 Å². The van der Waals surface area contributed by atoms with Crippen molar-refractivity contribution in [2.45, 2.75) is 19.4 Å². The Morgan fingerprint density at radius 2 is 2.04 bits per heavy atom. The van der Waals surface area contributed by atoms with Gasteiger partial charge < -0.3 is 4.57 Å². The van der Waals surface area contributed by atoms with E-state index in [0.717, 1.165) is 28.7 Å². The first-order valence-electron chi connectivity index (χ1n) is 9.05. The van der Waals surface area contributed by atoms with Crippen molar-refractivity contribution in [1.82, 2.24) is 14.5 Å². The average Bonchev–Trinajstić information content (AvgIpc) is 3.35. The van der Waals surface area contributed by atoms with Gasteiger partial charge in [-0.05, 0) is 30.2 Å². The highest BCUT2D eigenvalue weighted by Crippen LogP contribution is 2.31. The molecule has 142 valence electrons. The molecule has 0 bridgehead atoms. The van der Waals surface area contributed by atoms with Gasteiger partial charge in [0.15, 0.2) is 5.13 Å². The highest BCUT2D eigenvalue weighted by molar-refractivity contribution is 7.22. The third kappa shape index (κ3) is 4.40. The molecule has 2 aromatic heterocycles. The van der Waals surface area contributed by atoms with Crippen LogP contribution >= 0.6 is 22.9 Å². The van der Waals surface area contributed by atoms with Crippen LogP contribution in [0.15, 0.2) is 67.3 Å². The van der Waals surface area contributed by atoms with Gasteiger partial charge in [-0.3, -0.25) is 9.69 Å². The summed E-state index contributed by atoms with van der Waals surface area (Å²) in [6, 6.07) is 15.4. The van der Waals surface area contributed by atoms with Crippen LogP contribution in [0, 0.1) is 0 Å². The summed E-state index contributed by atoms with van der Waals surface area (Å²) in [6.07, 6.45) is 6.64. The Hall–Kier alpha value is -2.70. The van der Waals surface area contributed by atoms with E-state index >= 15 is 0 Å². The van der Waals surface area contributed by atoms with Gasteiger partial charge in [-0.15, -0.1) is 0 Å². The number of rotatable bonds is 7. The van der Waals surface area contributed by atoms with E-state index in [9.17, 15) is 4.79 Å². The van der Waals surface area contributed by atoms with Gasteiger partial charge in [0.25, 0.3) is 0 Å².